The Hall–Kier alpha value is -1.43. The summed E-state index contributed by atoms with van der Waals surface area (Å²) in [5.41, 5.74) is 0. The van der Waals surface area contributed by atoms with Crippen molar-refractivity contribution in [3.63, 3.8) is 0 Å². The third kappa shape index (κ3) is 3.32. The van der Waals surface area contributed by atoms with E-state index in [-0.39, 0.29) is 12.0 Å². The van der Waals surface area contributed by atoms with E-state index >= 15 is 0 Å². The quantitative estimate of drug-likeness (QED) is 0.796. The first-order chi connectivity index (χ1) is 7.17. The summed E-state index contributed by atoms with van der Waals surface area (Å²) < 4.78 is 23.3. The molecule has 6 heteroatoms. The van der Waals surface area contributed by atoms with E-state index < -0.39 is 5.82 Å². The third-order valence-corrected chi connectivity index (χ3v) is 1.65. The van der Waals surface area contributed by atoms with Gasteiger partial charge in [0.1, 0.15) is 6.10 Å². The number of anilines is 1. The van der Waals surface area contributed by atoms with Crippen LogP contribution < -0.4 is 10.1 Å². The fourth-order valence-electron chi connectivity index (χ4n) is 1.01. The number of methoxy groups -OCH3 is 1. The lowest BCUT2D eigenvalue weighted by Crippen LogP contribution is -2.19. The number of ether oxygens (including phenoxy) is 2. The summed E-state index contributed by atoms with van der Waals surface area (Å²) in [6, 6.07) is 0. The maximum Gasteiger partial charge on any atom is 0.255 e. The lowest BCUT2D eigenvalue weighted by molar-refractivity contribution is 0.0858. The van der Waals surface area contributed by atoms with Gasteiger partial charge < -0.3 is 14.8 Å². The molecule has 1 unspecified atom stereocenters. The highest BCUT2D eigenvalue weighted by molar-refractivity contribution is 5.27. The lowest BCUT2D eigenvalue weighted by Gasteiger charge is -2.13. The molecule has 1 N–H and O–H groups in total. The molecule has 1 rings (SSSR count). The Balaban J connectivity index is 2.74. The van der Waals surface area contributed by atoms with Crippen LogP contribution in [0.3, 0.4) is 0 Å². The maximum atomic E-state index is 13.2. The highest BCUT2D eigenvalue weighted by atomic mass is 19.1. The van der Waals surface area contributed by atoms with E-state index in [4.69, 9.17) is 9.47 Å². The third-order valence-electron chi connectivity index (χ3n) is 1.65. The molecule has 1 aromatic heterocycles. The average molecular weight is 215 g/mol. The first kappa shape index (κ1) is 11.6. The molecule has 0 aromatic carbocycles. The molecule has 0 aliphatic rings. The molecule has 0 fully saturated rings. The van der Waals surface area contributed by atoms with Crippen LogP contribution in [0, 0.1) is 5.82 Å². The number of hydrogen-bond donors (Lipinski definition) is 1. The molecule has 0 saturated heterocycles. The van der Waals surface area contributed by atoms with Gasteiger partial charge in [0.25, 0.3) is 5.88 Å². The van der Waals surface area contributed by atoms with Gasteiger partial charge in [-0.2, -0.15) is 9.37 Å². The monoisotopic (exact) mass is 215 g/mol. The van der Waals surface area contributed by atoms with Crippen LogP contribution in [0.25, 0.3) is 0 Å². The zero-order chi connectivity index (χ0) is 11.3. The van der Waals surface area contributed by atoms with Crippen LogP contribution in [-0.2, 0) is 4.74 Å². The zero-order valence-electron chi connectivity index (χ0n) is 8.95. The van der Waals surface area contributed by atoms with E-state index in [9.17, 15) is 4.39 Å². The molecular weight excluding hydrogens is 201 g/mol. The van der Waals surface area contributed by atoms with Gasteiger partial charge in [-0.3, -0.25) is 0 Å². The van der Waals surface area contributed by atoms with Crippen molar-refractivity contribution in [3.05, 3.63) is 12.0 Å². The predicted octanol–water partition coefficient (Wildman–Crippen LogP) is 1.07. The predicted molar refractivity (Wildman–Crippen MR) is 53.5 cm³/mol. The molecule has 15 heavy (non-hydrogen) atoms. The van der Waals surface area contributed by atoms with E-state index in [1.54, 1.807) is 21.1 Å². The van der Waals surface area contributed by atoms with Crippen molar-refractivity contribution in [2.75, 3.05) is 26.1 Å². The zero-order valence-corrected chi connectivity index (χ0v) is 8.95. The summed E-state index contributed by atoms with van der Waals surface area (Å²) in [4.78, 5) is 7.54. The van der Waals surface area contributed by atoms with Crippen LogP contribution in [0.4, 0.5) is 10.3 Å². The Kier molecular flexibility index (Phi) is 4.23. The topological polar surface area (TPSA) is 56.3 Å². The Morgan fingerprint density at radius 1 is 1.60 bits per heavy atom. The smallest absolute Gasteiger partial charge is 0.255 e. The summed E-state index contributed by atoms with van der Waals surface area (Å²) in [7, 11) is 3.20. The standard InChI is InChI=1S/C9H14FN3O2/c1-6(5-14-3)15-8-7(10)4-12-9(11-2)13-8/h4,6H,5H2,1-3H3,(H,11,12,13). The van der Waals surface area contributed by atoms with E-state index in [1.807, 2.05) is 0 Å². The SMILES string of the molecule is CNc1ncc(F)c(OC(C)COC)n1. The Morgan fingerprint density at radius 3 is 2.93 bits per heavy atom. The second-order valence-corrected chi connectivity index (χ2v) is 2.98. The molecule has 5 nitrogen and oxygen atoms in total. The van der Waals surface area contributed by atoms with E-state index in [2.05, 4.69) is 15.3 Å². The summed E-state index contributed by atoms with van der Waals surface area (Å²) >= 11 is 0. The minimum absolute atomic E-state index is 0.0705. The molecule has 1 aromatic rings. The highest BCUT2D eigenvalue weighted by Gasteiger charge is 2.11. The Bertz CT molecular complexity index is 322. The Morgan fingerprint density at radius 2 is 2.33 bits per heavy atom. The molecule has 1 heterocycles. The van der Waals surface area contributed by atoms with Crippen LogP contribution >= 0.6 is 0 Å². The molecule has 0 aliphatic heterocycles. The van der Waals surface area contributed by atoms with E-state index in [1.165, 1.54) is 0 Å². The van der Waals surface area contributed by atoms with Crippen LogP contribution in [-0.4, -0.2) is 36.8 Å². The number of hydrogen-bond acceptors (Lipinski definition) is 5. The van der Waals surface area contributed by atoms with Crippen molar-refractivity contribution in [1.82, 2.24) is 9.97 Å². The van der Waals surface area contributed by atoms with Crippen molar-refractivity contribution >= 4 is 5.95 Å². The second kappa shape index (κ2) is 5.45. The van der Waals surface area contributed by atoms with Gasteiger partial charge in [0.05, 0.1) is 12.8 Å². The first-order valence-electron chi connectivity index (χ1n) is 4.53. The minimum atomic E-state index is -0.586. The fourth-order valence-corrected chi connectivity index (χ4v) is 1.01. The van der Waals surface area contributed by atoms with Crippen molar-refractivity contribution < 1.29 is 13.9 Å². The lowest BCUT2D eigenvalue weighted by atomic mass is 10.4. The van der Waals surface area contributed by atoms with Crippen LogP contribution in [0.5, 0.6) is 5.88 Å². The second-order valence-electron chi connectivity index (χ2n) is 2.98. The minimum Gasteiger partial charge on any atom is -0.470 e. The van der Waals surface area contributed by atoms with Gasteiger partial charge in [0.15, 0.2) is 0 Å². The van der Waals surface area contributed by atoms with Gasteiger partial charge in [-0.05, 0) is 6.92 Å². The van der Waals surface area contributed by atoms with Crippen molar-refractivity contribution in [2.45, 2.75) is 13.0 Å². The number of aromatic nitrogens is 2. The van der Waals surface area contributed by atoms with E-state index in [0.717, 1.165) is 6.20 Å². The van der Waals surface area contributed by atoms with Gasteiger partial charge in [0.2, 0.25) is 11.8 Å². The highest BCUT2D eigenvalue weighted by Crippen LogP contribution is 2.15. The molecule has 84 valence electrons. The molecule has 0 aliphatic carbocycles. The normalized spacial score (nSPS) is 12.3. The number of nitrogens with zero attached hydrogens (tertiary/aromatic N) is 2. The summed E-state index contributed by atoms with van der Waals surface area (Å²) in [5.74, 6) is -0.341. The summed E-state index contributed by atoms with van der Waals surface area (Å²) in [6.45, 7) is 2.14. The number of halogens is 1. The van der Waals surface area contributed by atoms with Gasteiger partial charge in [-0.15, -0.1) is 0 Å². The molecule has 0 bridgehead atoms. The van der Waals surface area contributed by atoms with Gasteiger partial charge in [0, 0.05) is 14.2 Å². The molecule has 0 radical (unpaired) electrons. The molecule has 0 saturated carbocycles. The summed E-state index contributed by atoms with van der Waals surface area (Å²) in [5, 5.41) is 2.70. The Labute approximate surface area is 87.6 Å². The van der Waals surface area contributed by atoms with Gasteiger partial charge in [-0.25, -0.2) is 4.98 Å². The average Bonchev–Trinajstić information content (AvgIpc) is 2.21. The largest absolute Gasteiger partial charge is 0.470 e. The number of nitrogens with one attached hydrogen (secondary N) is 1. The number of rotatable bonds is 5. The van der Waals surface area contributed by atoms with Crippen LogP contribution in [0.1, 0.15) is 6.92 Å². The van der Waals surface area contributed by atoms with Crippen LogP contribution in [0.2, 0.25) is 0 Å². The van der Waals surface area contributed by atoms with E-state index in [0.29, 0.717) is 12.6 Å². The molecule has 0 amide bonds. The fraction of sp³-hybridized carbons (Fsp3) is 0.556. The molecular formula is C9H14FN3O2. The van der Waals surface area contributed by atoms with Crippen LogP contribution in [0.15, 0.2) is 6.20 Å². The maximum absolute atomic E-state index is 13.2. The van der Waals surface area contributed by atoms with Crippen molar-refractivity contribution in [1.29, 1.82) is 0 Å². The molecule has 0 spiro atoms. The van der Waals surface area contributed by atoms with Crippen molar-refractivity contribution in [3.8, 4) is 5.88 Å². The summed E-state index contributed by atoms with van der Waals surface area (Å²) in [6.07, 6.45) is 0.803. The molecule has 1 atom stereocenters. The van der Waals surface area contributed by atoms with Gasteiger partial charge in [-0.1, -0.05) is 0 Å². The van der Waals surface area contributed by atoms with Gasteiger partial charge >= 0.3 is 0 Å². The van der Waals surface area contributed by atoms with Crippen molar-refractivity contribution in [2.24, 2.45) is 0 Å². The first-order valence-corrected chi connectivity index (χ1v) is 4.53.